The minimum absolute atomic E-state index is 0.125. The van der Waals surface area contributed by atoms with E-state index in [0.29, 0.717) is 10.0 Å². The quantitative estimate of drug-likeness (QED) is 0.647. The summed E-state index contributed by atoms with van der Waals surface area (Å²) in [4.78, 5) is 0. The first-order chi connectivity index (χ1) is 10.6. The second-order valence-electron chi connectivity index (χ2n) is 4.42. The largest absolute Gasteiger partial charge is 0.417 e. The molecule has 6 heteroatoms. The molecule has 0 aliphatic heterocycles. The Balaban J connectivity index is 1.85. The highest BCUT2D eigenvalue weighted by Gasteiger charge is 2.11. The van der Waals surface area contributed by atoms with Crippen LogP contribution in [0.15, 0.2) is 46.9 Å². The Morgan fingerprint density at radius 2 is 1.82 bits per heavy atom. The van der Waals surface area contributed by atoms with E-state index in [1.54, 1.807) is 48.6 Å². The first kappa shape index (κ1) is 14.8. The Bertz CT molecular complexity index is 846. The number of nitrogens with zero attached hydrogens (tertiary/aromatic N) is 2. The number of rotatable bonds is 3. The van der Waals surface area contributed by atoms with Crippen LogP contribution in [0.2, 0.25) is 10.0 Å². The lowest BCUT2D eigenvalue weighted by molar-refractivity contribution is 0.548. The van der Waals surface area contributed by atoms with Gasteiger partial charge in [0.15, 0.2) is 0 Å². The molecule has 0 amide bonds. The SMILES string of the molecule is Fc1ccccc1-c1nnc(/C=C/c2ccc(Cl)cc2Cl)o1. The van der Waals surface area contributed by atoms with Crippen LogP contribution < -0.4 is 0 Å². The summed E-state index contributed by atoms with van der Waals surface area (Å²) >= 11 is 11.9. The Morgan fingerprint density at radius 1 is 1.00 bits per heavy atom. The second kappa shape index (κ2) is 6.30. The van der Waals surface area contributed by atoms with E-state index in [1.165, 1.54) is 6.07 Å². The van der Waals surface area contributed by atoms with Crippen LogP contribution in [-0.4, -0.2) is 10.2 Å². The molecular weight excluding hydrogens is 326 g/mol. The van der Waals surface area contributed by atoms with Crippen LogP contribution in [0.25, 0.3) is 23.6 Å². The predicted octanol–water partition coefficient (Wildman–Crippen LogP) is 5.35. The van der Waals surface area contributed by atoms with Gasteiger partial charge < -0.3 is 4.42 Å². The summed E-state index contributed by atoms with van der Waals surface area (Å²) < 4.78 is 19.1. The molecule has 3 nitrogen and oxygen atoms in total. The second-order valence-corrected chi connectivity index (χ2v) is 5.27. The zero-order valence-electron chi connectivity index (χ0n) is 11.1. The van der Waals surface area contributed by atoms with Crippen molar-refractivity contribution in [2.75, 3.05) is 0 Å². The van der Waals surface area contributed by atoms with Crippen molar-refractivity contribution < 1.29 is 8.81 Å². The molecule has 0 fully saturated rings. The molecule has 1 heterocycles. The van der Waals surface area contributed by atoms with Gasteiger partial charge in [0.05, 0.1) is 5.56 Å². The molecule has 110 valence electrons. The van der Waals surface area contributed by atoms with Gasteiger partial charge in [-0.1, -0.05) is 41.4 Å². The molecule has 1 aromatic heterocycles. The van der Waals surface area contributed by atoms with Crippen LogP contribution >= 0.6 is 23.2 Å². The van der Waals surface area contributed by atoms with Crippen LogP contribution in [0.1, 0.15) is 11.5 Å². The molecular formula is C16H9Cl2FN2O. The summed E-state index contributed by atoms with van der Waals surface area (Å²) in [6, 6.07) is 11.3. The molecule has 0 spiro atoms. The lowest BCUT2D eigenvalue weighted by Gasteiger charge is -1.97. The van der Waals surface area contributed by atoms with Crippen molar-refractivity contribution in [3.63, 3.8) is 0 Å². The highest BCUT2D eigenvalue weighted by Crippen LogP contribution is 2.24. The van der Waals surface area contributed by atoms with Gasteiger partial charge >= 0.3 is 0 Å². The Kier molecular flexibility index (Phi) is 4.22. The van der Waals surface area contributed by atoms with Crippen molar-refractivity contribution in [1.82, 2.24) is 10.2 Å². The third-order valence-electron chi connectivity index (χ3n) is 2.91. The average Bonchev–Trinajstić information content (AvgIpc) is 2.95. The molecule has 0 aliphatic rings. The summed E-state index contributed by atoms with van der Waals surface area (Å²) in [5, 5.41) is 8.76. The van der Waals surface area contributed by atoms with E-state index >= 15 is 0 Å². The number of aromatic nitrogens is 2. The Morgan fingerprint density at radius 3 is 2.59 bits per heavy atom. The van der Waals surface area contributed by atoms with Crippen molar-refractivity contribution >= 4 is 35.4 Å². The van der Waals surface area contributed by atoms with Gasteiger partial charge in [0.2, 0.25) is 5.89 Å². The Hall–Kier alpha value is -2.17. The smallest absolute Gasteiger partial charge is 0.251 e. The molecule has 0 saturated heterocycles. The summed E-state index contributed by atoms with van der Waals surface area (Å²) in [5.41, 5.74) is 1.02. The molecule has 0 radical (unpaired) electrons. The van der Waals surface area contributed by atoms with E-state index < -0.39 is 5.82 Å². The lowest BCUT2D eigenvalue weighted by atomic mass is 10.2. The fourth-order valence-corrected chi connectivity index (χ4v) is 2.31. The topological polar surface area (TPSA) is 38.9 Å². The standard InChI is InChI=1S/C16H9Cl2FN2O/c17-11-7-5-10(13(18)9-11)6-8-15-20-21-16(22-15)12-3-1-2-4-14(12)19/h1-9H/b8-6+. The van der Waals surface area contributed by atoms with E-state index in [4.69, 9.17) is 27.6 Å². The van der Waals surface area contributed by atoms with Crippen molar-refractivity contribution in [2.24, 2.45) is 0 Å². The van der Waals surface area contributed by atoms with Crippen molar-refractivity contribution in [3.05, 3.63) is 69.8 Å². The van der Waals surface area contributed by atoms with Gasteiger partial charge in [-0.15, -0.1) is 10.2 Å². The summed E-state index contributed by atoms with van der Waals surface area (Å²) in [7, 11) is 0. The Labute approximate surface area is 136 Å². The van der Waals surface area contributed by atoms with Crippen LogP contribution in [-0.2, 0) is 0 Å². The predicted molar refractivity (Wildman–Crippen MR) is 85.1 cm³/mol. The highest BCUT2D eigenvalue weighted by atomic mass is 35.5. The molecule has 3 aromatic rings. The number of hydrogen-bond acceptors (Lipinski definition) is 3. The van der Waals surface area contributed by atoms with Gasteiger partial charge in [0.25, 0.3) is 5.89 Å². The first-order valence-corrected chi connectivity index (χ1v) is 7.10. The molecule has 2 aromatic carbocycles. The molecule has 0 saturated carbocycles. The third-order valence-corrected chi connectivity index (χ3v) is 3.48. The number of halogens is 3. The van der Waals surface area contributed by atoms with E-state index in [9.17, 15) is 4.39 Å². The van der Waals surface area contributed by atoms with E-state index in [-0.39, 0.29) is 17.3 Å². The molecule has 3 rings (SSSR count). The van der Waals surface area contributed by atoms with Gasteiger partial charge in [-0.05, 0) is 35.9 Å². The maximum absolute atomic E-state index is 13.7. The zero-order chi connectivity index (χ0) is 15.5. The van der Waals surface area contributed by atoms with E-state index in [0.717, 1.165) is 5.56 Å². The summed E-state index contributed by atoms with van der Waals surface area (Å²) in [5.74, 6) is -0.0355. The highest BCUT2D eigenvalue weighted by molar-refractivity contribution is 6.35. The molecule has 0 bridgehead atoms. The van der Waals surface area contributed by atoms with Gasteiger partial charge in [-0.25, -0.2) is 4.39 Å². The van der Waals surface area contributed by atoms with Crippen LogP contribution in [0.4, 0.5) is 4.39 Å². The van der Waals surface area contributed by atoms with E-state index in [1.807, 2.05) is 0 Å². The van der Waals surface area contributed by atoms with Gasteiger partial charge in [-0.3, -0.25) is 0 Å². The minimum Gasteiger partial charge on any atom is -0.417 e. The third kappa shape index (κ3) is 3.18. The lowest BCUT2D eigenvalue weighted by Crippen LogP contribution is -1.82. The van der Waals surface area contributed by atoms with Crippen LogP contribution in [0.5, 0.6) is 0 Å². The maximum atomic E-state index is 13.7. The van der Waals surface area contributed by atoms with Crippen LogP contribution in [0, 0.1) is 5.82 Å². The fourth-order valence-electron chi connectivity index (χ4n) is 1.84. The monoisotopic (exact) mass is 334 g/mol. The summed E-state index contributed by atoms with van der Waals surface area (Å²) in [6.45, 7) is 0. The van der Waals surface area contributed by atoms with Gasteiger partial charge in [0.1, 0.15) is 5.82 Å². The number of hydrogen-bond donors (Lipinski definition) is 0. The summed E-state index contributed by atoms with van der Waals surface area (Å²) in [6.07, 6.45) is 3.32. The fraction of sp³-hybridized carbons (Fsp3) is 0. The molecule has 22 heavy (non-hydrogen) atoms. The average molecular weight is 335 g/mol. The van der Waals surface area contributed by atoms with Crippen molar-refractivity contribution in [1.29, 1.82) is 0 Å². The van der Waals surface area contributed by atoms with Gasteiger partial charge in [0, 0.05) is 16.1 Å². The van der Waals surface area contributed by atoms with E-state index in [2.05, 4.69) is 10.2 Å². The van der Waals surface area contributed by atoms with Crippen molar-refractivity contribution in [2.45, 2.75) is 0 Å². The number of benzene rings is 2. The zero-order valence-corrected chi connectivity index (χ0v) is 12.6. The minimum atomic E-state index is -0.414. The molecule has 0 unspecified atom stereocenters. The molecule has 0 aliphatic carbocycles. The van der Waals surface area contributed by atoms with Gasteiger partial charge in [-0.2, -0.15) is 0 Å². The van der Waals surface area contributed by atoms with Crippen LogP contribution in [0.3, 0.4) is 0 Å². The normalized spacial score (nSPS) is 11.2. The molecule has 0 N–H and O–H groups in total. The van der Waals surface area contributed by atoms with Crippen molar-refractivity contribution in [3.8, 4) is 11.5 Å². The maximum Gasteiger partial charge on any atom is 0.251 e. The molecule has 0 atom stereocenters. The first-order valence-electron chi connectivity index (χ1n) is 6.35.